The molecular weight excluding hydrogens is 372 g/mol. The Hall–Kier alpha value is -1.90. The first-order valence-electron chi connectivity index (χ1n) is 7.77. The van der Waals surface area contributed by atoms with E-state index in [0.29, 0.717) is 12.3 Å². The molecule has 0 saturated heterocycles. The highest BCUT2D eigenvalue weighted by Gasteiger charge is 2.12. The van der Waals surface area contributed by atoms with Crippen LogP contribution < -0.4 is 10.6 Å². The fourth-order valence-electron chi connectivity index (χ4n) is 2.13. The van der Waals surface area contributed by atoms with E-state index in [1.807, 2.05) is 42.6 Å². The fourth-order valence-corrected chi connectivity index (χ4v) is 4.43. The Morgan fingerprint density at radius 3 is 2.80 bits per heavy atom. The molecular formula is C17H18N4OS3. The van der Waals surface area contributed by atoms with E-state index in [0.717, 1.165) is 14.3 Å². The summed E-state index contributed by atoms with van der Waals surface area (Å²) in [6.07, 6.45) is 0. The molecule has 1 amide bonds. The molecule has 2 heterocycles. The minimum Gasteiger partial charge on any atom is -0.356 e. The maximum atomic E-state index is 12.1. The molecule has 0 radical (unpaired) electrons. The van der Waals surface area contributed by atoms with Gasteiger partial charge in [-0.2, -0.15) is 0 Å². The minimum absolute atomic E-state index is 0.0000975. The molecule has 1 aromatic carbocycles. The Kier molecular flexibility index (Phi) is 6.43. The van der Waals surface area contributed by atoms with Gasteiger partial charge in [0.25, 0.3) is 0 Å². The predicted octanol–water partition coefficient (Wildman–Crippen LogP) is 4.18. The lowest BCUT2D eigenvalue weighted by atomic mass is 10.2. The van der Waals surface area contributed by atoms with E-state index in [1.165, 1.54) is 28.7 Å². The average molecular weight is 391 g/mol. The zero-order chi connectivity index (χ0) is 17.5. The smallest absolute Gasteiger partial charge is 0.230 e. The van der Waals surface area contributed by atoms with E-state index in [9.17, 15) is 4.79 Å². The topological polar surface area (TPSA) is 66.9 Å². The van der Waals surface area contributed by atoms with Gasteiger partial charge in [0.2, 0.25) is 11.0 Å². The molecule has 3 aromatic rings. The van der Waals surface area contributed by atoms with Crippen LogP contribution in [0.2, 0.25) is 0 Å². The number of rotatable bonds is 8. The van der Waals surface area contributed by atoms with Gasteiger partial charge < -0.3 is 10.6 Å². The zero-order valence-corrected chi connectivity index (χ0v) is 16.1. The molecule has 2 N–H and O–H groups in total. The van der Waals surface area contributed by atoms with Gasteiger partial charge in [0, 0.05) is 11.4 Å². The quantitative estimate of drug-likeness (QED) is 0.565. The largest absolute Gasteiger partial charge is 0.356 e. The van der Waals surface area contributed by atoms with Crippen molar-refractivity contribution < 1.29 is 4.79 Å². The molecule has 8 heteroatoms. The van der Waals surface area contributed by atoms with Crippen LogP contribution in [0.25, 0.3) is 0 Å². The molecule has 2 aromatic heterocycles. The third-order valence-electron chi connectivity index (χ3n) is 3.37. The van der Waals surface area contributed by atoms with Crippen LogP contribution in [0.5, 0.6) is 0 Å². The van der Waals surface area contributed by atoms with Gasteiger partial charge in [-0.15, -0.1) is 21.5 Å². The van der Waals surface area contributed by atoms with E-state index in [-0.39, 0.29) is 11.9 Å². The van der Waals surface area contributed by atoms with Crippen molar-refractivity contribution in [3.05, 3.63) is 58.3 Å². The van der Waals surface area contributed by atoms with E-state index >= 15 is 0 Å². The SMILES string of the molecule is C[C@H](NC(=O)CSc1nnc(NCc2ccccc2)s1)c1cccs1. The maximum absolute atomic E-state index is 12.1. The number of thioether (sulfide) groups is 1. The van der Waals surface area contributed by atoms with Crippen molar-refractivity contribution in [3.63, 3.8) is 0 Å². The second kappa shape index (κ2) is 8.98. The van der Waals surface area contributed by atoms with Gasteiger partial charge >= 0.3 is 0 Å². The summed E-state index contributed by atoms with van der Waals surface area (Å²) in [6, 6.07) is 14.2. The number of nitrogens with zero attached hydrogens (tertiary/aromatic N) is 2. The van der Waals surface area contributed by atoms with Gasteiger partial charge in [-0.25, -0.2) is 0 Å². The summed E-state index contributed by atoms with van der Waals surface area (Å²) in [5.41, 5.74) is 1.19. The lowest BCUT2D eigenvalue weighted by molar-refractivity contribution is -0.119. The Morgan fingerprint density at radius 1 is 1.20 bits per heavy atom. The van der Waals surface area contributed by atoms with Crippen LogP contribution in [0.3, 0.4) is 0 Å². The highest BCUT2D eigenvalue weighted by molar-refractivity contribution is 8.01. The highest BCUT2D eigenvalue weighted by atomic mass is 32.2. The molecule has 1 atom stereocenters. The fraction of sp³-hybridized carbons (Fsp3) is 0.235. The molecule has 5 nitrogen and oxygen atoms in total. The van der Waals surface area contributed by atoms with Gasteiger partial charge in [0.05, 0.1) is 11.8 Å². The Morgan fingerprint density at radius 2 is 2.04 bits per heavy atom. The van der Waals surface area contributed by atoms with Gasteiger partial charge in [0.15, 0.2) is 4.34 Å². The lowest BCUT2D eigenvalue weighted by Gasteiger charge is -2.11. The van der Waals surface area contributed by atoms with E-state index in [2.05, 4.69) is 33.0 Å². The van der Waals surface area contributed by atoms with E-state index in [1.54, 1.807) is 11.3 Å². The summed E-state index contributed by atoms with van der Waals surface area (Å²) in [6.45, 7) is 2.70. The Balaban J connectivity index is 1.43. The molecule has 0 spiro atoms. The van der Waals surface area contributed by atoms with Crippen LogP contribution in [0.15, 0.2) is 52.2 Å². The van der Waals surface area contributed by atoms with Crippen molar-refractivity contribution >= 4 is 45.5 Å². The van der Waals surface area contributed by atoms with Gasteiger partial charge in [-0.05, 0) is 23.9 Å². The van der Waals surface area contributed by atoms with Crippen LogP contribution in [-0.4, -0.2) is 21.9 Å². The van der Waals surface area contributed by atoms with Crippen LogP contribution in [-0.2, 0) is 11.3 Å². The van der Waals surface area contributed by atoms with Crippen LogP contribution in [0.4, 0.5) is 5.13 Å². The molecule has 0 aliphatic carbocycles. The van der Waals surface area contributed by atoms with Gasteiger partial charge in [-0.1, -0.05) is 59.5 Å². The number of anilines is 1. The number of carbonyl (C=O) groups is 1. The first kappa shape index (κ1) is 17.9. The molecule has 25 heavy (non-hydrogen) atoms. The van der Waals surface area contributed by atoms with Crippen molar-refractivity contribution in [2.45, 2.75) is 23.8 Å². The molecule has 3 rings (SSSR count). The van der Waals surface area contributed by atoms with Gasteiger partial charge in [0.1, 0.15) is 0 Å². The number of carbonyl (C=O) groups excluding carboxylic acids is 1. The zero-order valence-electron chi connectivity index (χ0n) is 13.6. The number of hydrogen-bond donors (Lipinski definition) is 2. The molecule has 0 unspecified atom stereocenters. The first-order valence-corrected chi connectivity index (χ1v) is 10.5. The summed E-state index contributed by atoms with van der Waals surface area (Å²) in [5, 5.41) is 17.3. The van der Waals surface area contributed by atoms with Crippen molar-refractivity contribution in [2.24, 2.45) is 0 Å². The summed E-state index contributed by atoms with van der Waals surface area (Å²) in [7, 11) is 0. The van der Waals surface area contributed by atoms with Crippen molar-refractivity contribution in [3.8, 4) is 0 Å². The van der Waals surface area contributed by atoms with Crippen molar-refractivity contribution in [2.75, 3.05) is 11.1 Å². The lowest BCUT2D eigenvalue weighted by Crippen LogP contribution is -2.27. The van der Waals surface area contributed by atoms with Crippen LogP contribution in [0.1, 0.15) is 23.4 Å². The molecule has 130 valence electrons. The molecule has 0 bridgehead atoms. The highest BCUT2D eigenvalue weighted by Crippen LogP contribution is 2.26. The molecule has 0 fully saturated rings. The Labute approximate surface area is 158 Å². The standard InChI is InChI=1S/C17H18N4OS3/c1-12(14-8-5-9-23-14)19-15(22)11-24-17-21-20-16(25-17)18-10-13-6-3-2-4-7-13/h2-9,12H,10-11H2,1H3,(H,18,20)(H,19,22)/t12-/m0/s1. The summed E-state index contributed by atoms with van der Waals surface area (Å²) in [4.78, 5) is 13.2. The second-order valence-corrected chi connectivity index (χ2v) is 8.48. The second-order valence-electron chi connectivity index (χ2n) is 5.31. The molecule has 0 saturated carbocycles. The number of benzene rings is 1. The third-order valence-corrected chi connectivity index (χ3v) is 6.44. The number of thiophene rings is 1. The maximum Gasteiger partial charge on any atom is 0.230 e. The number of amides is 1. The molecule has 0 aliphatic rings. The number of hydrogen-bond acceptors (Lipinski definition) is 7. The Bertz CT molecular complexity index is 789. The monoisotopic (exact) mass is 390 g/mol. The normalized spacial score (nSPS) is 11.9. The number of aromatic nitrogens is 2. The number of nitrogens with one attached hydrogen (secondary N) is 2. The summed E-state index contributed by atoms with van der Waals surface area (Å²) < 4.78 is 0.787. The molecule has 0 aliphatic heterocycles. The van der Waals surface area contributed by atoms with E-state index in [4.69, 9.17) is 0 Å². The summed E-state index contributed by atoms with van der Waals surface area (Å²) in [5.74, 6) is 0.336. The van der Waals surface area contributed by atoms with Crippen LogP contribution >= 0.6 is 34.4 Å². The summed E-state index contributed by atoms with van der Waals surface area (Å²) >= 11 is 4.51. The van der Waals surface area contributed by atoms with Crippen LogP contribution in [0, 0.1) is 0 Å². The minimum atomic E-state index is -0.0000975. The average Bonchev–Trinajstić information content (AvgIpc) is 3.31. The van der Waals surface area contributed by atoms with Crippen molar-refractivity contribution in [1.82, 2.24) is 15.5 Å². The predicted molar refractivity (Wildman–Crippen MR) is 105 cm³/mol. The van der Waals surface area contributed by atoms with Gasteiger partial charge in [-0.3, -0.25) is 4.79 Å². The third kappa shape index (κ3) is 5.55. The first-order chi connectivity index (χ1) is 12.2. The van der Waals surface area contributed by atoms with E-state index < -0.39 is 0 Å². The van der Waals surface area contributed by atoms with Crippen molar-refractivity contribution in [1.29, 1.82) is 0 Å².